The van der Waals surface area contributed by atoms with Crippen LogP contribution in [0, 0.1) is 5.41 Å². The third-order valence-corrected chi connectivity index (χ3v) is 2.29. The Morgan fingerprint density at radius 2 is 2.05 bits per heavy atom. The summed E-state index contributed by atoms with van der Waals surface area (Å²) in [5.74, 6) is 0. The molecule has 5 nitrogen and oxygen atoms in total. The van der Waals surface area contributed by atoms with Crippen LogP contribution in [0.3, 0.4) is 0 Å². The molecule has 1 aromatic rings. The Hall–Kier alpha value is -2.04. The molecule has 0 aliphatic heterocycles. The number of carbonyl (C=O) groups is 1. The molecule has 0 aromatic heterocycles. The van der Waals surface area contributed by atoms with Crippen molar-refractivity contribution in [1.82, 2.24) is 0 Å². The minimum Gasteiger partial charge on any atom is -0.453 e. The van der Waals surface area contributed by atoms with Crippen molar-refractivity contribution in [3.63, 3.8) is 0 Å². The molecule has 1 rings (SSSR count). The zero-order chi connectivity index (χ0) is 14.5. The number of hydrogen-bond donors (Lipinski definition) is 2. The second-order valence-electron chi connectivity index (χ2n) is 5.22. The van der Waals surface area contributed by atoms with E-state index >= 15 is 0 Å². The zero-order valence-electron chi connectivity index (χ0n) is 12.1. The maximum absolute atomic E-state index is 11.2. The molecule has 0 heterocycles. The largest absolute Gasteiger partial charge is 0.453 e. The molecule has 0 atom stereocenters. The van der Waals surface area contributed by atoms with Gasteiger partial charge in [0.25, 0.3) is 0 Å². The van der Waals surface area contributed by atoms with Gasteiger partial charge in [-0.3, -0.25) is 10.3 Å². The first-order chi connectivity index (χ1) is 8.85. The lowest BCUT2D eigenvalue weighted by atomic mass is 9.99. The summed E-state index contributed by atoms with van der Waals surface area (Å²) in [5.41, 5.74) is 2.31. The summed E-state index contributed by atoms with van der Waals surface area (Å²) >= 11 is 0. The average molecular weight is 263 g/mol. The number of benzene rings is 1. The Labute approximate surface area is 114 Å². The van der Waals surface area contributed by atoms with Gasteiger partial charge in [-0.05, 0) is 23.6 Å². The van der Waals surface area contributed by atoms with Gasteiger partial charge in [-0.2, -0.15) is 0 Å². The smallest absolute Gasteiger partial charge is 0.411 e. The van der Waals surface area contributed by atoms with E-state index in [1.807, 2.05) is 19.3 Å². The molecule has 0 aliphatic carbocycles. The molecule has 0 radical (unpaired) electrons. The Kier molecular flexibility index (Phi) is 4.92. The van der Waals surface area contributed by atoms with Gasteiger partial charge >= 0.3 is 6.09 Å². The van der Waals surface area contributed by atoms with Crippen LogP contribution in [0.25, 0.3) is 0 Å². The lowest BCUT2D eigenvalue weighted by Crippen LogP contribution is -2.10. The SMILES string of the molecule is CNc1ccc(NC(=O)OC)cc1N=CC(C)(C)C. The summed E-state index contributed by atoms with van der Waals surface area (Å²) in [6, 6.07) is 5.45. The topological polar surface area (TPSA) is 62.7 Å². The number of anilines is 2. The summed E-state index contributed by atoms with van der Waals surface area (Å²) in [5, 5.41) is 5.69. The van der Waals surface area contributed by atoms with E-state index in [9.17, 15) is 4.79 Å². The van der Waals surface area contributed by atoms with Crippen LogP contribution in [0.5, 0.6) is 0 Å². The Balaban J connectivity index is 3.03. The van der Waals surface area contributed by atoms with Crippen LogP contribution >= 0.6 is 0 Å². The minimum atomic E-state index is -0.497. The summed E-state index contributed by atoms with van der Waals surface area (Å²) in [4.78, 5) is 15.6. The van der Waals surface area contributed by atoms with Crippen molar-refractivity contribution >= 4 is 29.4 Å². The number of carbonyl (C=O) groups excluding carboxylic acids is 1. The lowest BCUT2D eigenvalue weighted by molar-refractivity contribution is 0.187. The molecule has 19 heavy (non-hydrogen) atoms. The Morgan fingerprint density at radius 1 is 1.37 bits per heavy atom. The van der Waals surface area contributed by atoms with Gasteiger partial charge in [0.15, 0.2) is 0 Å². The van der Waals surface area contributed by atoms with Crippen molar-refractivity contribution in [2.24, 2.45) is 10.4 Å². The third-order valence-electron chi connectivity index (χ3n) is 2.29. The number of ether oxygens (including phenoxy) is 1. The molecule has 1 aromatic carbocycles. The van der Waals surface area contributed by atoms with Crippen molar-refractivity contribution < 1.29 is 9.53 Å². The third kappa shape index (κ3) is 4.99. The van der Waals surface area contributed by atoms with Crippen LogP contribution in [0.1, 0.15) is 20.8 Å². The summed E-state index contributed by atoms with van der Waals surface area (Å²) < 4.78 is 4.56. The molecule has 0 spiro atoms. The van der Waals surface area contributed by atoms with Crippen molar-refractivity contribution in [1.29, 1.82) is 0 Å². The molecule has 0 aliphatic rings. The van der Waals surface area contributed by atoms with E-state index < -0.39 is 6.09 Å². The van der Waals surface area contributed by atoms with E-state index in [4.69, 9.17) is 0 Å². The molecular formula is C14H21N3O2. The quantitative estimate of drug-likeness (QED) is 0.818. The van der Waals surface area contributed by atoms with Crippen LogP contribution in [0.4, 0.5) is 21.9 Å². The van der Waals surface area contributed by atoms with Crippen LogP contribution in [-0.2, 0) is 4.74 Å². The molecule has 2 N–H and O–H groups in total. The summed E-state index contributed by atoms with van der Waals surface area (Å²) in [6.07, 6.45) is 1.38. The van der Waals surface area contributed by atoms with E-state index in [0.717, 1.165) is 11.4 Å². The van der Waals surface area contributed by atoms with E-state index in [-0.39, 0.29) is 5.41 Å². The standard InChI is InChI=1S/C14H21N3O2/c1-14(2,3)9-16-12-8-10(17-13(18)19-5)6-7-11(12)15-4/h6-9,15H,1-5H3,(H,17,18). The average Bonchev–Trinajstić information content (AvgIpc) is 2.35. The van der Waals surface area contributed by atoms with E-state index in [0.29, 0.717) is 5.69 Å². The maximum Gasteiger partial charge on any atom is 0.411 e. The second-order valence-corrected chi connectivity index (χ2v) is 5.22. The highest BCUT2D eigenvalue weighted by Crippen LogP contribution is 2.29. The number of nitrogens with zero attached hydrogens (tertiary/aromatic N) is 1. The first kappa shape index (κ1) is 15.0. The molecule has 0 bridgehead atoms. The fourth-order valence-electron chi connectivity index (χ4n) is 1.36. The Morgan fingerprint density at radius 3 is 2.58 bits per heavy atom. The van der Waals surface area contributed by atoms with Crippen LogP contribution in [0.2, 0.25) is 0 Å². The monoisotopic (exact) mass is 263 g/mol. The maximum atomic E-state index is 11.2. The van der Waals surface area contributed by atoms with Crippen LogP contribution in [-0.4, -0.2) is 26.5 Å². The molecule has 0 unspecified atom stereocenters. The van der Waals surface area contributed by atoms with Gasteiger partial charge in [-0.15, -0.1) is 0 Å². The second kappa shape index (κ2) is 6.22. The van der Waals surface area contributed by atoms with E-state index in [2.05, 4.69) is 41.1 Å². The molecule has 1 amide bonds. The molecule has 0 fully saturated rings. The highest BCUT2D eigenvalue weighted by atomic mass is 16.5. The molecule has 5 heteroatoms. The highest BCUT2D eigenvalue weighted by Gasteiger charge is 2.08. The normalized spacial score (nSPS) is 11.4. The number of amides is 1. The Bertz CT molecular complexity index is 476. The number of hydrogen-bond acceptors (Lipinski definition) is 4. The van der Waals surface area contributed by atoms with Crippen molar-refractivity contribution in [2.45, 2.75) is 20.8 Å². The van der Waals surface area contributed by atoms with Gasteiger partial charge in [0, 0.05) is 18.9 Å². The van der Waals surface area contributed by atoms with Crippen molar-refractivity contribution in [3.05, 3.63) is 18.2 Å². The van der Waals surface area contributed by atoms with Crippen molar-refractivity contribution in [2.75, 3.05) is 24.8 Å². The van der Waals surface area contributed by atoms with Crippen LogP contribution in [0.15, 0.2) is 23.2 Å². The van der Waals surface area contributed by atoms with Crippen LogP contribution < -0.4 is 10.6 Å². The van der Waals surface area contributed by atoms with Gasteiger partial charge in [0.05, 0.1) is 18.5 Å². The summed E-state index contributed by atoms with van der Waals surface area (Å²) in [6.45, 7) is 6.23. The molecular weight excluding hydrogens is 242 g/mol. The van der Waals surface area contributed by atoms with Gasteiger partial charge in [-0.25, -0.2) is 4.79 Å². The number of nitrogens with one attached hydrogen (secondary N) is 2. The van der Waals surface area contributed by atoms with Gasteiger partial charge in [0.2, 0.25) is 0 Å². The predicted octanol–water partition coefficient (Wildman–Crippen LogP) is 3.66. The number of rotatable bonds is 3. The first-order valence-corrected chi connectivity index (χ1v) is 6.08. The first-order valence-electron chi connectivity index (χ1n) is 6.08. The number of methoxy groups -OCH3 is 1. The van der Waals surface area contributed by atoms with Gasteiger partial charge in [-0.1, -0.05) is 20.8 Å². The van der Waals surface area contributed by atoms with Crippen molar-refractivity contribution in [3.8, 4) is 0 Å². The van der Waals surface area contributed by atoms with E-state index in [1.165, 1.54) is 7.11 Å². The predicted molar refractivity (Wildman–Crippen MR) is 79.6 cm³/mol. The van der Waals surface area contributed by atoms with E-state index in [1.54, 1.807) is 12.1 Å². The fourth-order valence-corrected chi connectivity index (χ4v) is 1.36. The lowest BCUT2D eigenvalue weighted by Gasteiger charge is -2.12. The fraction of sp³-hybridized carbons (Fsp3) is 0.429. The minimum absolute atomic E-state index is 0.00318. The molecule has 104 valence electrons. The van der Waals surface area contributed by atoms with Gasteiger partial charge in [0.1, 0.15) is 0 Å². The zero-order valence-corrected chi connectivity index (χ0v) is 12.1. The summed E-state index contributed by atoms with van der Waals surface area (Å²) in [7, 11) is 3.16. The molecule has 0 saturated heterocycles. The van der Waals surface area contributed by atoms with Gasteiger partial charge < -0.3 is 10.1 Å². The number of aliphatic imine (C=N–C) groups is 1. The molecule has 0 saturated carbocycles. The highest BCUT2D eigenvalue weighted by molar-refractivity contribution is 5.87.